The van der Waals surface area contributed by atoms with E-state index >= 15 is 0 Å². The zero-order valence-corrected chi connectivity index (χ0v) is 13.3. The minimum Gasteiger partial charge on any atom is -0.377 e. The van der Waals surface area contributed by atoms with Gasteiger partial charge in [-0.25, -0.2) is 0 Å². The van der Waals surface area contributed by atoms with Crippen LogP contribution in [0.5, 0.6) is 0 Å². The summed E-state index contributed by atoms with van der Waals surface area (Å²) in [6, 6.07) is 0. The third kappa shape index (κ3) is 4.03. The van der Waals surface area contributed by atoms with E-state index in [-0.39, 0.29) is 5.41 Å². The molecule has 5 heteroatoms. The van der Waals surface area contributed by atoms with Crippen LogP contribution in [0, 0.1) is 5.92 Å². The van der Waals surface area contributed by atoms with E-state index in [2.05, 4.69) is 49.7 Å². The Morgan fingerprint density at radius 1 is 1.35 bits per heavy atom. The second-order valence-electron chi connectivity index (χ2n) is 7.01. The molecule has 1 aromatic heterocycles. The van der Waals surface area contributed by atoms with E-state index in [0.717, 1.165) is 38.5 Å². The molecule has 114 valence electrons. The third-order valence-electron chi connectivity index (χ3n) is 3.61. The van der Waals surface area contributed by atoms with Gasteiger partial charge in [0.05, 0.1) is 12.6 Å². The quantitative estimate of drug-likeness (QED) is 0.852. The molecule has 1 saturated heterocycles. The first-order valence-corrected chi connectivity index (χ1v) is 7.53. The lowest BCUT2D eigenvalue weighted by Crippen LogP contribution is -2.34. The van der Waals surface area contributed by atoms with Crippen LogP contribution in [-0.2, 0) is 16.7 Å². The molecule has 0 aliphatic carbocycles. The van der Waals surface area contributed by atoms with Gasteiger partial charge < -0.3 is 9.26 Å². The number of aromatic nitrogens is 2. The van der Waals surface area contributed by atoms with Crippen LogP contribution in [0.4, 0.5) is 0 Å². The van der Waals surface area contributed by atoms with E-state index in [1.165, 1.54) is 0 Å². The molecular weight excluding hydrogens is 254 g/mol. The Morgan fingerprint density at radius 2 is 2.10 bits per heavy atom. The van der Waals surface area contributed by atoms with Crippen molar-refractivity contribution < 1.29 is 9.26 Å². The molecule has 0 amide bonds. The molecule has 1 aliphatic heterocycles. The number of ether oxygens (including phenoxy) is 1. The standard InChI is InChI=1S/C15H27N3O2/c1-11(2)12-9-18(7-6-8-19-12)10-13-16-14(20-17-13)15(3,4)5/h11-12H,6-10H2,1-5H3. The molecular formula is C15H27N3O2. The number of hydrogen-bond acceptors (Lipinski definition) is 5. The van der Waals surface area contributed by atoms with Crippen molar-refractivity contribution in [2.24, 2.45) is 5.92 Å². The molecule has 0 radical (unpaired) electrons. The van der Waals surface area contributed by atoms with Gasteiger partial charge in [-0.05, 0) is 12.3 Å². The summed E-state index contributed by atoms with van der Waals surface area (Å²) >= 11 is 0. The van der Waals surface area contributed by atoms with Gasteiger partial charge in [-0.1, -0.05) is 39.8 Å². The van der Waals surface area contributed by atoms with Crippen LogP contribution in [-0.4, -0.2) is 40.8 Å². The Morgan fingerprint density at radius 3 is 2.70 bits per heavy atom. The topological polar surface area (TPSA) is 51.4 Å². The van der Waals surface area contributed by atoms with Gasteiger partial charge in [0, 0.05) is 25.1 Å². The van der Waals surface area contributed by atoms with Gasteiger partial charge >= 0.3 is 0 Å². The Bertz CT molecular complexity index is 423. The minimum absolute atomic E-state index is 0.0897. The van der Waals surface area contributed by atoms with Gasteiger partial charge in [0.1, 0.15) is 0 Å². The summed E-state index contributed by atoms with van der Waals surface area (Å²) in [6.07, 6.45) is 1.36. The van der Waals surface area contributed by atoms with Gasteiger partial charge in [0.15, 0.2) is 5.82 Å². The zero-order valence-electron chi connectivity index (χ0n) is 13.3. The third-order valence-corrected chi connectivity index (χ3v) is 3.61. The lowest BCUT2D eigenvalue weighted by molar-refractivity contribution is 0.0219. The lowest BCUT2D eigenvalue weighted by atomic mass is 9.97. The van der Waals surface area contributed by atoms with E-state index in [4.69, 9.17) is 9.26 Å². The Labute approximate surface area is 121 Å². The van der Waals surface area contributed by atoms with Gasteiger partial charge in [-0.15, -0.1) is 0 Å². The molecule has 1 aliphatic rings. The Balaban J connectivity index is 1.99. The van der Waals surface area contributed by atoms with Crippen molar-refractivity contribution in [2.45, 2.75) is 59.1 Å². The Hall–Kier alpha value is -0.940. The van der Waals surface area contributed by atoms with Gasteiger partial charge in [-0.2, -0.15) is 4.98 Å². The summed E-state index contributed by atoms with van der Waals surface area (Å²) in [5.41, 5.74) is -0.0897. The molecule has 0 bridgehead atoms. The molecule has 0 N–H and O–H groups in total. The van der Waals surface area contributed by atoms with Crippen molar-refractivity contribution in [1.82, 2.24) is 15.0 Å². The maximum Gasteiger partial charge on any atom is 0.232 e. The predicted octanol–water partition coefficient (Wildman–Crippen LogP) is 2.61. The van der Waals surface area contributed by atoms with Crippen molar-refractivity contribution in [3.63, 3.8) is 0 Å². The summed E-state index contributed by atoms with van der Waals surface area (Å²) in [7, 11) is 0. The van der Waals surface area contributed by atoms with E-state index in [0.29, 0.717) is 17.9 Å². The fraction of sp³-hybridized carbons (Fsp3) is 0.867. The molecule has 1 aromatic rings. The summed E-state index contributed by atoms with van der Waals surface area (Å²) < 4.78 is 11.2. The molecule has 1 unspecified atom stereocenters. The lowest BCUT2D eigenvalue weighted by Gasteiger charge is -2.24. The predicted molar refractivity (Wildman–Crippen MR) is 77.5 cm³/mol. The molecule has 5 nitrogen and oxygen atoms in total. The SMILES string of the molecule is CC(C)C1CN(Cc2noc(C(C)(C)C)n2)CCCO1. The summed E-state index contributed by atoms with van der Waals surface area (Å²) in [5, 5.41) is 4.11. The monoisotopic (exact) mass is 281 g/mol. The number of hydrogen-bond donors (Lipinski definition) is 0. The highest BCUT2D eigenvalue weighted by Crippen LogP contribution is 2.20. The fourth-order valence-electron chi connectivity index (χ4n) is 2.29. The highest BCUT2D eigenvalue weighted by Gasteiger charge is 2.25. The first-order chi connectivity index (χ1) is 9.36. The van der Waals surface area contributed by atoms with Crippen molar-refractivity contribution >= 4 is 0 Å². The molecule has 0 saturated carbocycles. The van der Waals surface area contributed by atoms with Crippen LogP contribution in [0.15, 0.2) is 4.52 Å². The minimum atomic E-state index is -0.0897. The van der Waals surface area contributed by atoms with Crippen LogP contribution < -0.4 is 0 Å². The highest BCUT2D eigenvalue weighted by molar-refractivity contribution is 4.98. The summed E-state index contributed by atoms with van der Waals surface area (Å²) in [6.45, 7) is 14.2. The highest BCUT2D eigenvalue weighted by atomic mass is 16.5. The van der Waals surface area contributed by atoms with Gasteiger partial charge in [0.25, 0.3) is 0 Å². The number of rotatable bonds is 3. The van der Waals surface area contributed by atoms with Crippen LogP contribution >= 0.6 is 0 Å². The molecule has 0 aromatic carbocycles. The summed E-state index contributed by atoms with van der Waals surface area (Å²) in [4.78, 5) is 6.89. The second-order valence-corrected chi connectivity index (χ2v) is 7.01. The van der Waals surface area contributed by atoms with Crippen LogP contribution in [0.1, 0.15) is 52.8 Å². The molecule has 1 atom stereocenters. The normalized spacial score (nSPS) is 22.2. The van der Waals surface area contributed by atoms with Crippen molar-refractivity contribution in [3.05, 3.63) is 11.7 Å². The van der Waals surface area contributed by atoms with Crippen LogP contribution in [0.3, 0.4) is 0 Å². The number of nitrogens with zero attached hydrogens (tertiary/aromatic N) is 3. The second kappa shape index (κ2) is 6.22. The van der Waals surface area contributed by atoms with E-state index in [1.807, 2.05) is 0 Å². The first-order valence-electron chi connectivity index (χ1n) is 7.53. The molecule has 2 heterocycles. The first kappa shape index (κ1) is 15.4. The smallest absolute Gasteiger partial charge is 0.232 e. The maximum absolute atomic E-state index is 5.89. The molecule has 0 spiro atoms. The van der Waals surface area contributed by atoms with Crippen LogP contribution in [0.25, 0.3) is 0 Å². The van der Waals surface area contributed by atoms with Crippen molar-refractivity contribution in [1.29, 1.82) is 0 Å². The van der Waals surface area contributed by atoms with Crippen molar-refractivity contribution in [2.75, 3.05) is 19.7 Å². The van der Waals surface area contributed by atoms with Crippen LogP contribution in [0.2, 0.25) is 0 Å². The molecule has 2 rings (SSSR count). The largest absolute Gasteiger partial charge is 0.377 e. The van der Waals surface area contributed by atoms with E-state index < -0.39 is 0 Å². The fourth-order valence-corrected chi connectivity index (χ4v) is 2.29. The van der Waals surface area contributed by atoms with Gasteiger partial charge in [-0.3, -0.25) is 4.90 Å². The molecule has 20 heavy (non-hydrogen) atoms. The maximum atomic E-state index is 5.89. The average Bonchev–Trinajstić information content (AvgIpc) is 2.68. The molecule has 1 fully saturated rings. The average molecular weight is 281 g/mol. The Kier molecular flexibility index (Phi) is 4.81. The van der Waals surface area contributed by atoms with Crippen molar-refractivity contribution in [3.8, 4) is 0 Å². The zero-order chi connectivity index (χ0) is 14.8. The van der Waals surface area contributed by atoms with E-state index in [9.17, 15) is 0 Å². The van der Waals surface area contributed by atoms with Gasteiger partial charge in [0.2, 0.25) is 5.89 Å². The van der Waals surface area contributed by atoms with E-state index in [1.54, 1.807) is 0 Å². The summed E-state index contributed by atoms with van der Waals surface area (Å²) in [5.74, 6) is 2.02.